The van der Waals surface area contributed by atoms with Crippen LogP contribution >= 0.6 is 11.8 Å². The second-order valence-electron chi connectivity index (χ2n) is 8.63. The van der Waals surface area contributed by atoms with Crippen LogP contribution in [-0.4, -0.2) is 24.5 Å². The van der Waals surface area contributed by atoms with Crippen molar-refractivity contribution >= 4 is 46.5 Å². The normalized spacial score (nSPS) is 14.1. The zero-order valence-corrected chi connectivity index (χ0v) is 21.2. The lowest BCUT2D eigenvalue weighted by molar-refractivity contribution is -0.120. The Hall–Kier alpha value is -5.02. The Balaban J connectivity index is 1.22. The summed E-state index contributed by atoms with van der Waals surface area (Å²) in [4.78, 5) is 41.8. The Morgan fingerprint density at radius 1 is 0.744 bits per heavy atom. The molecule has 2 heterocycles. The lowest BCUT2D eigenvalue weighted by Gasteiger charge is -2.15. The molecular weight excluding hydrogens is 514 g/mol. The Labute approximate surface area is 228 Å². The van der Waals surface area contributed by atoms with E-state index in [1.54, 1.807) is 66.7 Å². The number of carbonyl (C=O) groups is 3. The number of benzene rings is 4. The van der Waals surface area contributed by atoms with Gasteiger partial charge in [0, 0.05) is 21.8 Å². The number of hydrogen-bond donors (Lipinski definition) is 2. The predicted molar refractivity (Wildman–Crippen MR) is 149 cm³/mol. The molecule has 0 fully saturated rings. The van der Waals surface area contributed by atoms with Gasteiger partial charge in [-0.15, -0.1) is 0 Å². The zero-order valence-electron chi connectivity index (χ0n) is 20.4. The molecule has 39 heavy (non-hydrogen) atoms. The summed E-state index contributed by atoms with van der Waals surface area (Å²) >= 11 is 1.19. The van der Waals surface area contributed by atoms with Crippen LogP contribution in [0.15, 0.2) is 119 Å². The van der Waals surface area contributed by atoms with Gasteiger partial charge in [0.2, 0.25) is 6.79 Å². The number of ether oxygens (including phenoxy) is 2. The number of nitrogens with one attached hydrogen (secondary N) is 2. The molecule has 6 rings (SSSR count). The molecule has 0 aromatic heterocycles. The van der Waals surface area contributed by atoms with E-state index in [4.69, 9.17) is 9.47 Å². The van der Waals surface area contributed by atoms with Crippen LogP contribution in [0, 0.1) is 0 Å². The predicted octanol–water partition coefficient (Wildman–Crippen LogP) is 5.66. The molecule has 0 bridgehead atoms. The minimum Gasteiger partial charge on any atom is -0.454 e. The van der Waals surface area contributed by atoms with Gasteiger partial charge in [-0.1, -0.05) is 48.2 Å². The van der Waals surface area contributed by atoms with Gasteiger partial charge in [-0.05, 0) is 66.7 Å². The summed E-state index contributed by atoms with van der Waals surface area (Å²) in [5, 5.41) is 5.99. The number of anilines is 3. The highest BCUT2D eigenvalue weighted by Gasteiger charge is 2.40. The summed E-state index contributed by atoms with van der Waals surface area (Å²) in [6.45, 7) is 0.135. The summed E-state index contributed by atoms with van der Waals surface area (Å²) in [7, 11) is 0. The van der Waals surface area contributed by atoms with E-state index in [1.165, 1.54) is 16.7 Å². The summed E-state index contributed by atoms with van der Waals surface area (Å²) in [5.41, 5.74) is 2.43. The van der Waals surface area contributed by atoms with Crippen molar-refractivity contribution in [3.05, 3.63) is 119 Å². The molecule has 2 N–H and O–H groups in total. The number of carbonyl (C=O) groups excluding carboxylic acids is 3. The van der Waals surface area contributed by atoms with Gasteiger partial charge in [0.25, 0.3) is 17.7 Å². The molecule has 0 radical (unpaired) electrons. The fourth-order valence-corrected chi connectivity index (χ4v) is 5.08. The summed E-state index contributed by atoms with van der Waals surface area (Å²) < 4.78 is 10.6. The highest BCUT2D eigenvalue weighted by molar-refractivity contribution is 8.04. The molecule has 4 aromatic rings. The average Bonchev–Trinajstić information content (AvgIpc) is 3.53. The van der Waals surface area contributed by atoms with E-state index >= 15 is 0 Å². The van der Waals surface area contributed by atoms with E-state index in [0.717, 1.165) is 4.90 Å². The van der Waals surface area contributed by atoms with Gasteiger partial charge in [0.1, 0.15) is 10.6 Å². The van der Waals surface area contributed by atoms with E-state index in [9.17, 15) is 14.4 Å². The SMILES string of the molecule is O=C(Nc1ccc(SC2=C(Nc3ccccc3)C(=O)N(c3ccccc3)C2=O)cc1)c1ccc2c(c1)OCO2. The van der Waals surface area contributed by atoms with E-state index in [0.29, 0.717) is 34.1 Å². The fraction of sp³-hybridized carbons (Fsp3) is 0.0333. The molecule has 2 aliphatic rings. The number of nitrogens with zero attached hydrogens (tertiary/aromatic N) is 1. The molecule has 0 aliphatic carbocycles. The Kier molecular flexibility index (Phi) is 6.48. The summed E-state index contributed by atoms with van der Waals surface area (Å²) in [6, 6.07) is 30.1. The minimum atomic E-state index is -0.426. The topological polar surface area (TPSA) is 97.0 Å². The van der Waals surface area contributed by atoms with Crippen molar-refractivity contribution in [1.82, 2.24) is 0 Å². The maximum atomic E-state index is 13.5. The largest absolute Gasteiger partial charge is 0.454 e. The van der Waals surface area contributed by atoms with Crippen LogP contribution in [0.3, 0.4) is 0 Å². The molecule has 2 aliphatic heterocycles. The minimum absolute atomic E-state index is 0.135. The van der Waals surface area contributed by atoms with Crippen molar-refractivity contribution in [2.45, 2.75) is 4.90 Å². The van der Waals surface area contributed by atoms with Crippen LogP contribution < -0.4 is 25.0 Å². The third kappa shape index (κ3) is 4.95. The first-order valence-electron chi connectivity index (χ1n) is 12.1. The smallest absolute Gasteiger partial charge is 0.283 e. The molecule has 0 saturated carbocycles. The fourth-order valence-electron chi connectivity index (χ4n) is 4.16. The third-order valence-corrected chi connectivity index (χ3v) is 7.16. The van der Waals surface area contributed by atoms with Crippen molar-refractivity contribution in [3.63, 3.8) is 0 Å². The second kappa shape index (κ2) is 10.4. The first kappa shape index (κ1) is 24.3. The molecule has 0 atom stereocenters. The number of fused-ring (bicyclic) bond motifs is 1. The van der Waals surface area contributed by atoms with Crippen molar-refractivity contribution in [1.29, 1.82) is 0 Å². The summed E-state index contributed by atoms with van der Waals surface area (Å²) in [6.07, 6.45) is 0. The molecule has 192 valence electrons. The van der Waals surface area contributed by atoms with Crippen molar-refractivity contribution in [3.8, 4) is 11.5 Å². The number of amides is 3. The lowest BCUT2D eigenvalue weighted by atomic mass is 10.2. The molecule has 0 saturated heterocycles. The molecular formula is C30H21N3O5S. The van der Waals surface area contributed by atoms with E-state index in [2.05, 4.69) is 10.6 Å². The van der Waals surface area contributed by atoms with Crippen LogP contribution in [0.4, 0.5) is 17.1 Å². The van der Waals surface area contributed by atoms with Gasteiger partial charge < -0.3 is 20.1 Å². The number of hydrogen-bond acceptors (Lipinski definition) is 7. The molecule has 3 amide bonds. The maximum absolute atomic E-state index is 13.5. The van der Waals surface area contributed by atoms with Crippen molar-refractivity contribution in [2.24, 2.45) is 0 Å². The monoisotopic (exact) mass is 535 g/mol. The first-order valence-corrected chi connectivity index (χ1v) is 12.9. The van der Waals surface area contributed by atoms with Gasteiger partial charge >= 0.3 is 0 Å². The van der Waals surface area contributed by atoms with Crippen LogP contribution in [-0.2, 0) is 9.59 Å². The zero-order chi connectivity index (χ0) is 26.8. The standard InChI is InChI=1S/C30H21N3O5S/c34-28(19-11-16-24-25(17-19)38-18-37-24)32-21-12-14-23(15-13-21)39-27-26(31-20-7-3-1-4-8-20)29(35)33(30(27)36)22-9-5-2-6-10-22/h1-17,31H,18H2,(H,32,34). The van der Waals surface area contributed by atoms with E-state index in [1.807, 2.05) is 36.4 Å². The van der Waals surface area contributed by atoms with Crippen LogP contribution in [0.2, 0.25) is 0 Å². The Morgan fingerprint density at radius 2 is 1.44 bits per heavy atom. The Bertz CT molecular complexity index is 1610. The van der Waals surface area contributed by atoms with E-state index < -0.39 is 11.8 Å². The van der Waals surface area contributed by atoms with Gasteiger partial charge in [-0.3, -0.25) is 14.4 Å². The number of rotatable bonds is 7. The second-order valence-corrected chi connectivity index (χ2v) is 9.71. The van der Waals surface area contributed by atoms with E-state index in [-0.39, 0.29) is 23.3 Å². The Morgan fingerprint density at radius 3 is 2.18 bits per heavy atom. The van der Waals surface area contributed by atoms with Gasteiger partial charge in [0.15, 0.2) is 11.5 Å². The lowest BCUT2D eigenvalue weighted by Crippen LogP contribution is -2.32. The van der Waals surface area contributed by atoms with Gasteiger partial charge in [0.05, 0.1) is 5.69 Å². The van der Waals surface area contributed by atoms with Gasteiger partial charge in [-0.25, -0.2) is 4.90 Å². The average molecular weight is 536 g/mol. The van der Waals surface area contributed by atoms with Crippen molar-refractivity contribution in [2.75, 3.05) is 22.3 Å². The number of imide groups is 1. The number of para-hydroxylation sites is 2. The quantitative estimate of drug-likeness (QED) is 0.295. The molecule has 0 unspecified atom stereocenters. The molecule has 0 spiro atoms. The van der Waals surface area contributed by atoms with Crippen LogP contribution in [0.1, 0.15) is 10.4 Å². The number of thioether (sulfide) groups is 1. The van der Waals surface area contributed by atoms with Crippen molar-refractivity contribution < 1.29 is 23.9 Å². The highest BCUT2D eigenvalue weighted by atomic mass is 32.2. The highest BCUT2D eigenvalue weighted by Crippen LogP contribution is 2.38. The molecule has 4 aromatic carbocycles. The molecule has 8 nitrogen and oxygen atoms in total. The maximum Gasteiger partial charge on any atom is 0.283 e. The summed E-state index contributed by atoms with van der Waals surface area (Å²) in [5.74, 6) is 0.0119. The van der Waals surface area contributed by atoms with Crippen LogP contribution in [0.25, 0.3) is 0 Å². The molecule has 9 heteroatoms. The first-order chi connectivity index (χ1) is 19.1. The third-order valence-electron chi connectivity index (χ3n) is 6.07. The van der Waals surface area contributed by atoms with Gasteiger partial charge in [-0.2, -0.15) is 0 Å². The van der Waals surface area contributed by atoms with Crippen LogP contribution in [0.5, 0.6) is 11.5 Å².